The third-order valence-electron chi connectivity index (χ3n) is 2.75. The van der Waals surface area contributed by atoms with Gasteiger partial charge >= 0.3 is 5.97 Å². The molecule has 5 nitrogen and oxygen atoms in total. The average molecular weight is 284 g/mol. The Labute approximate surface area is 117 Å². The molecule has 0 aromatic carbocycles. The number of hydrogen-bond donors (Lipinski definition) is 2. The summed E-state index contributed by atoms with van der Waals surface area (Å²) in [6.45, 7) is 6.79. The van der Waals surface area contributed by atoms with Crippen LogP contribution in [0.2, 0.25) is 0 Å². The second-order valence-electron chi connectivity index (χ2n) is 5.01. The Morgan fingerprint density at radius 1 is 1.42 bits per heavy atom. The summed E-state index contributed by atoms with van der Waals surface area (Å²) in [4.78, 5) is 27.9. The molecule has 1 heterocycles. The molecule has 0 bridgehead atoms. The summed E-state index contributed by atoms with van der Waals surface area (Å²) in [5, 5.41) is 12.4. The topological polar surface area (TPSA) is 79.3 Å². The van der Waals surface area contributed by atoms with Crippen LogP contribution in [0.15, 0.2) is 0 Å². The lowest BCUT2D eigenvalue weighted by atomic mass is 10.1. The van der Waals surface area contributed by atoms with Crippen molar-refractivity contribution in [2.45, 2.75) is 52.5 Å². The quantitative estimate of drug-likeness (QED) is 0.840. The maximum atomic E-state index is 12.1. The minimum absolute atomic E-state index is 0.370. The minimum atomic E-state index is -1.28. The number of rotatable bonds is 6. The van der Waals surface area contributed by atoms with E-state index in [0.29, 0.717) is 10.6 Å². The minimum Gasteiger partial charge on any atom is -0.480 e. The number of aromatic nitrogens is 1. The van der Waals surface area contributed by atoms with Crippen LogP contribution in [0.5, 0.6) is 0 Å². The molecule has 0 spiro atoms. The van der Waals surface area contributed by atoms with E-state index in [4.69, 9.17) is 5.11 Å². The van der Waals surface area contributed by atoms with Crippen LogP contribution in [0.1, 0.15) is 54.0 Å². The van der Waals surface area contributed by atoms with Gasteiger partial charge in [0.2, 0.25) is 0 Å². The lowest BCUT2D eigenvalue weighted by Crippen LogP contribution is -2.49. The van der Waals surface area contributed by atoms with Gasteiger partial charge < -0.3 is 10.4 Å². The van der Waals surface area contributed by atoms with Crippen LogP contribution in [0.3, 0.4) is 0 Å². The molecule has 0 fully saturated rings. The molecule has 0 saturated carbocycles. The largest absolute Gasteiger partial charge is 0.480 e. The van der Waals surface area contributed by atoms with E-state index in [1.54, 1.807) is 6.92 Å². The van der Waals surface area contributed by atoms with Gasteiger partial charge in [0.15, 0.2) is 0 Å². The Morgan fingerprint density at radius 2 is 2.05 bits per heavy atom. The third-order valence-corrected chi connectivity index (χ3v) is 3.97. The standard InChI is InChI=1S/C13H20N2O3S/c1-5-6-7-9-14-8(2)10(19-9)11(16)15-13(3,4)12(17)18/h5-7H2,1-4H3,(H,15,16)(H,17,18). The Kier molecular flexibility index (Phi) is 5.05. The van der Waals surface area contributed by atoms with E-state index in [2.05, 4.69) is 17.2 Å². The number of carboxylic acid groups (broad SMARTS) is 1. The number of aliphatic carboxylic acids is 1. The summed E-state index contributed by atoms with van der Waals surface area (Å²) in [7, 11) is 0. The molecular formula is C13H20N2O3S. The van der Waals surface area contributed by atoms with Gasteiger partial charge in [-0.15, -0.1) is 11.3 Å². The van der Waals surface area contributed by atoms with Crippen molar-refractivity contribution < 1.29 is 14.7 Å². The van der Waals surface area contributed by atoms with Crippen molar-refractivity contribution >= 4 is 23.2 Å². The second kappa shape index (κ2) is 6.14. The molecule has 0 radical (unpaired) electrons. The summed E-state index contributed by atoms with van der Waals surface area (Å²) in [5.74, 6) is -1.43. The molecule has 106 valence electrons. The monoisotopic (exact) mass is 284 g/mol. The molecule has 1 rings (SSSR count). The van der Waals surface area contributed by atoms with Gasteiger partial charge in [-0.1, -0.05) is 13.3 Å². The number of thiazole rings is 1. The fourth-order valence-corrected chi connectivity index (χ4v) is 2.49. The van der Waals surface area contributed by atoms with Gasteiger partial charge in [-0.05, 0) is 33.6 Å². The summed E-state index contributed by atoms with van der Waals surface area (Å²) >= 11 is 1.34. The van der Waals surface area contributed by atoms with E-state index >= 15 is 0 Å². The van der Waals surface area contributed by atoms with Gasteiger partial charge in [-0.25, -0.2) is 9.78 Å². The molecule has 19 heavy (non-hydrogen) atoms. The van der Waals surface area contributed by atoms with E-state index in [-0.39, 0.29) is 5.91 Å². The van der Waals surface area contributed by atoms with Crippen molar-refractivity contribution in [3.8, 4) is 0 Å². The zero-order valence-corrected chi connectivity index (χ0v) is 12.6. The Bertz CT molecular complexity index is 480. The van der Waals surface area contributed by atoms with E-state index in [1.165, 1.54) is 25.2 Å². The van der Waals surface area contributed by atoms with Gasteiger partial charge in [0.25, 0.3) is 5.91 Å². The first-order valence-corrected chi connectivity index (χ1v) is 7.11. The summed E-state index contributed by atoms with van der Waals surface area (Å²) < 4.78 is 0. The summed E-state index contributed by atoms with van der Waals surface area (Å²) in [5.41, 5.74) is -0.619. The Balaban J connectivity index is 2.83. The van der Waals surface area contributed by atoms with Crippen molar-refractivity contribution in [3.05, 3.63) is 15.6 Å². The zero-order valence-electron chi connectivity index (χ0n) is 11.7. The zero-order chi connectivity index (χ0) is 14.6. The van der Waals surface area contributed by atoms with Crippen LogP contribution < -0.4 is 5.32 Å². The van der Waals surface area contributed by atoms with Gasteiger partial charge in [0.05, 0.1) is 10.7 Å². The highest BCUT2D eigenvalue weighted by Crippen LogP contribution is 2.20. The predicted octanol–water partition coefficient (Wildman–Crippen LogP) is 2.39. The SMILES string of the molecule is CCCCc1nc(C)c(C(=O)NC(C)(C)C(=O)O)s1. The smallest absolute Gasteiger partial charge is 0.328 e. The van der Waals surface area contributed by atoms with Crippen LogP contribution in [0, 0.1) is 6.92 Å². The fraction of sp³-hybridized carbons (Fsp3) is 0.615. The molecule has 6 heteroatoms. The van der Waals surface area contributed by atoms with Crippen LogP contribution in [0.25, 0.3) is 0 Å². The van der Waals surface area contributed by atoms with Crippen molar-refractivity contribution in [1.82, 2.24) is 10.3 Å². The lowest BCUT2D eigenvalue weighted by molar-refractivity contribution is -0.143. The number of unbranched alkanes of at least 4 members (excludes halogenated alkanes) is 1. The molecule has 1 aromatic heterocycles. The molecule has 2 N–H and O–H groups in total. The van der Waals surface area contributed by atoms with Crippen molar-refractivity contribution in [2.75, 3.05) is 0 Å². The van der Waals surface area contributed by atoms with E-state index in [1.807, 2.05) is 0 Å². The van der Waals surface area contributed by atoms with Gasteiger partial charge in [-0.3, -0.25) is 4.79 Å². The van der Waals surface area contributed by atoms with Crippen LogP contribution in [-0.2, 0) is 11.2 Å². The number of amides is 1. The summed E-state index contributed by atoms with van der Waals surface area (Å²) in [6, 6.07) is 0. The molecule has 1 amide bonds. The number of carbonyl (C=O) groups is 2. The molecular weight excluding hydrogens is 264 g/mol. The van der Waals surface area contributed by atoms with Crippen LogP contribution in [-0.4, -0.2) is 27.5 Å². The highest BCUT2D eigenvalue weighted by atomic mass is 32.1. The van der Waals surface area contributed by atoms with Crippen molar-refractivity contribution in [1.29, 1.82) is 0 Å². The maximum absolute atomic E-state index is 12.1. The molecule has 0 aliphatic carbocycles. The number of aryl methyl sites for hydroxylation is 2. The number of nitrogens with one attached hydrogen (secondary N) is 1. The molecule has 0 aliphatic rings. The first kappa shape index (κ1) is 15.6. The number of carbonyl (C=O) groups excluding carboxylic acids is 1. The van der Waals surface area contributed by atoms with E-state index in [9.17, 15) is 9.59 Å². The van der Waals surface area contributed by atoms with Crippen molar-refractivity contribution in [3.63, 3.8) is 0 Å². The van der Waals surface area contributed by atoms with Crippen LogP contribution >= 0.6 is 11.3 Å². The van der Waals surface area contributed by atoms with E-state index in [0.717, 1.165) is 24.3 Å². The predicted molar refractivity (Wildman–Crippen MR) is 74.6 cm³/mol. The van der Waals surface area contributed by atoms with Gasteiger partial charge in [-0.2, -0.15) is 0 Å². The number of hydrogen-bond acceptors (Lipinski definition) is 4. The molecule has 0 atom stereocenters. The Morgan fingerprint density at radius 3 is 2.58 bits per heavy atom. The molecule has 0 aliphatic heterocycles. The summed E-state index contributed by atoms with van der Waals surface area (Å²) in [6.07, 6.45) is 2.97. The third kappa shape index (κ3) is 4.02. The highest BCUT2D eigenvalue weighted by molar-refractivity contribution is 7.13. The lowest BCUT2D eigenvalue weighted by Gasteiger charge is -2.20. The van der Waals surface area contributed by atoms with Crippen LogP contribution in [0.4, 0.5) is 0 Å². The normalized spacial score (nSPS) is 11.4. The maximum Gasteiger partial charge on any atom is 0.328 e. The fourth-order valence-electron chi connectivity index (χ4n) is 1.49. The number of nitrogens with zero attached hydrogens (tertiary/aromatic N) is 1. The van der Waals surface area contributed by atoms with Crippen molar-refractivity contribution in [2.24, 2.45) is 0 Å². The molecule has 0 unspecified atom stereocenters. The molecule has 1 aromatic rings. The first-order chi connectivity index (χ1) is 8.77. The second-order valence-corrected chi connectivity index (χ2v) is 6.09. The van der Waals surface area contributed by atoms with Gasteiger partial charge in [0.1, 0.15) is 10.4 Å². The highest BCUT2D eigenvalue weighted by Gasteiger charge is 2.30. The average Bonchev–Trinajstić information content (AvgIpc) is 2.67. The van der Waals surface area contributed by atoms with Gasteiger partial charge in [0, 0.05) is 0 Å². The van der Waals surface area contributed by atoms with E-state index < -0.39 is 11.5 Å². The first-order valence-electron chi connectivity index (χ1n) is 6.30. The Hall–Kier alpha value is -1.43. The molecule has 0 saturated heterocycles. The number of carboxylic acids is 1.